The van der Waals surface area contributed by atoms with Gasteiger partial charge in [-0.3, -0.25) is 0 Å². The highest BCUT2D eigenvalue weighted by Crippen LogP contribution is 2.34. The minimum Gasteiger partial charge on any atom is -0.396 e. The minimum atomic E-state index is -3.61. The number of hydrogen-bond acceptors (Lipinski definition) is 7. The molecule has 4 N–H and O–H groups in total. The molecule has 0 radical (unpaired) electrons. The van der Waals surface area contributed by atoms with Gasteiger partial charge in [0.2, 0.25) is 10.0 Å². The van der Waals surface area contributed by atoms with Crippen molar-refractivity contribution in [3.05, 3.63) is 53.6 Å². The van der Waals surface area contributed by atoms with Gasteiger partial charge in [0, 0.05) is 44.2 Å². The molecule has 9 heteroatoms. The first-order valence-electron chi connectivity index (χ1n) is 10.5. The lowest BCUT2D eigenvalue weighted by molar-refractivity contribution is -0.0670. The average Bonchev–Trinajstić information content (AvgIpc) is 2.90. The maximum Gasteiger partial charge on any atom is 0.243 e. The predicted octanol–water partition coefficient (Wildman–Crippen LogP) is 2.10. The maximum atomic E-state index is 12.9. The van der Waals surface area contributed by atoms with Crippen LogP contribution in [-0.4, -0.2) is 61.4 Å². The number of amidine groups is 1. The summed E-state index contributed by atoms with van der Waals surface area (Å²) in [5.41, 5.74) is 9.67. The third-order valence-corrected chi connectivity index (χ3v) is 7.48. The summed E-state index contributed by atoms with van der Waals surface area (Å²) in [6, 6.07) is 12.4. The molecule has 2 aromatic carbocycles. The fourth-order valence-corrected chi connectivity index (χ4v) is 5.48. The number of hydrogen-bond donors (Lipinski definition) is 3. The largest absolute Gasteiger partial charge is 0.396 e. The van der Waals surface area contributed by atoms with E-state index < -0.39 is 16.3 Å². The Hall–Kier alpha value is -2.56. The van der Waals surface area contributed by atoms with Crippen LogP contribution in [0.15, 0.2) is 57.9 Å². The minimum absolute atomic E-state index is 0.0000454. The van der Waals surface area contributed by atoms with E-state index in [4.69, 9.17) is 10.5 Å². The van der Waals surface area contributed by atoms with E-state index in [1.807, 2.05) is 30.3 Å². The molecule has 0 spiro atoms. The van der Waals surface area contributed by atoms with Gasteiger partial charge in [-0.25, -0.2) is 13.4 Å². The summed E-state index contributed by atoms with van der Waals surface area (Å²) in [6.45, 7) is 2.83. The van der Waals surface area contributed by atoms with Gasteiger partial charge in [-0.15, -0.1) is 0 Å². The summed E-state index contributed by atoms with van der Waals surface area (Å²) in [6.07, 6.45) is 1.07. The highest BCUT2D eigenvalue weighted by molar-refractivity contribution is 7.89. The van der Waals surface area contributed by atoms with Gasteiger partial charge in [-0.1, -0.05) is 24.3 Å². The number of aliphatic hydroxyl groups excluding tert-OH is 2. The van der Waals surface area contributed by atoms with Crippen LogP contribution >= 0.6 is 0 Å². The van der Waals surface area contributed by atoms with Crippen LogP contribution in [0.5, 0.6) is 0 Å². The fourth-order valence-electron chi connectivity index (χ4n) is 3.84. The second kappa shape index (κ2) is 9.13. The Kier molecular flexibility index (Phi) is 6.45. The van der Waals surface area contributed by atoms with Crippen molar-refractivity contribution in [2.24, 2.45) is 16.6 Å². The number of aliphatic imine (C=N–C) groups is 1. The monoisotopic (exact) mass is 457 g/mol. The summed E-state index contributed by atoms with van der Waals surface area (Å²) < 4.78 is 32.5. The number of nitrogens with zero attached hydrogens (tertiary/aromatic N) is 2. The first-order valence-corrected chi connectivity index (χ1v) is 11.9. The molecule has 0 bridgehead atoms. The molecule has 1 atom stereocenters. The van der Waals surface area contributed by atoms with Crippen molar-refractivity contribution in [1.29, 1.82) is 0 Å². The van der Waals surface area contributed by atoms with Gasteiger partial charge in [0.1, 0.15) is 5.84 Å². The molecule has 2 aromatic rings. The van der Waals surface area contributed by atoms with Crippen molar-refractivity contribution < 1.29 is 23.4 Å². The van der Waals surface area contributed by atoms with E-state index in [9.17, 15) is 18.6 Å². The molecule has 8 nitrogen and oxygen atoms in total. The highest BCUT2D eigenvalue weighted by Gasteiger charge is 2.36. The van der Waals surface area contributed by atoms with Crippen LogP contribution in [0.3, 0.4) is 0 Å². The molecule has 0 saturated carbocycles. The van der Waals surface area contributed by atoms with Crippen molar-refractivity contribution in [2.45, 2.75) is 24.5 Å². The van der Waals surface area contributed by atoms with Gasteiger partial charge in [0.05, 0.1) is 10.6 Å². The quantitative estimate of drug-likeness (QED) is 0.547. The van der Waals surface area contributed by atoms with Crippen LogP contribution in [0.1, 0.15) is 18.9 Å². The second-order valence-electron chi connectivity index (χ2n) is 7.98. The number of fused-ring (bicyclic) bond motifs is 1. The van der Waals surface area contributed by atoms with E-state index in [1.54, 1.807) is 25.1 Å². The molecule has 0 aromatic heterocycles. The Morgan fingerprint density at radius 3 is 2.69 bits per heavy atom. The number of aliphatic hydroxyl groups is 2. The van der Waals surface area contributed by atoms with Crippen LogP contribution in [0.4, 0.5) is 5.69 Å². The van der Waals surface area contributed by atoms with Crippen molar-refractivity contribution in [2.75, 3.05) is 26.3 Å². The Bertz CT molecular complexity index is 1170. The van der Waals surface area contributed by atoms with E-state index in [2.05, 4.69) is 4.99 Å². The number of sulfonamides is 1. The second-order valence-corrected chi connectivity index (χ2v) is 9.92. The Morgan fingerprint density at radius 2 is 1.97 bits per heavy atom. The molecule has 1 saturated heterocycles. The number of nitrogens with two attached hydrogens (primary N) is 1. The predicted molar refractivity (Wildman–Crippen MR) is 123 cm³/mol. The smallest absolute Gasteiger partial charge is 0.243 e. The van der Waals surface area contributed by atoms with Crippen molar-refractivity contribution in [1.82, 2.24) is 4.31 Å². The van der Waals surface area contributed by atoms with E-state index in [0.717, 1.165) is 16.7 Å². The molecule has 4 rings (SSSR count). The van der Waals surface area contributed by atoms with Crippen LogP contribution in [0.2, 0.25) is 0 Å². The van der Waals surface area contributed by atoms with Crippen LogP contribution in [0, 0.1) is 5.92 Å². The zero-order chi connectivity index (χ0) is 22.9. The van der Waals surface area contributed by atoms with Crippen molar-refractivity contribution >= 4 is 27.6 Å². The van der Waals surface area contributed by atoms with Gasteiger partial charge >= 0.3 is 0 Å². The summed E-state index contributed by atoms with van der Waals surface area (Å²) in [5.74, 6) is 0.360. The summed E-state index contributed by atoms with van der Waals surface area (Å²) in [7, 11) is -3.61. The number of rotatable bonds is 7. The molecule has 2 heterocycles. The van der Waals surface area contributed by atoms with Crippen LogP contribution in [-0.2, 0) is 14.8 Å². The molecule has 0 amide bonds. The van der Waals surface area contributed by atoms with Crippen molar-refractivity contribution in [3.63, 3.8) is 0 Å². The topological polar surface area (TPSA) is 125 Å². The lowest BCUT2D eigenvalue weighted by Gasteiger charge is -2.36. The van der Waals surface area contributed by atoms with Crippen LogP contribution < -0.4 is 5.73 Å². The average molecular weight is 458 g/mol. The zero-order valence-corrected chi connectivity index (χ0v) is 18.6. The van der Waals surface area contributed by atoms with E-state index >= 15 is 0 Å². The molecular weight excluding hydrogens is 430 g/mol. The van der Waals surface area contributed by atoms with E-state index in [0.29, 0.717) is 43.2 Å². The molecule has 170 valence electrons. The van der Waals surface area contributed by atoms with Gasteiger partial charge in [-0.05, 0) is 47.9 Å². The Morgan fingerprint density at radius 1 is 1.22 bits per heavy atom. The summed E-state index contributed by atoms with van der Waals surface area (Å²) in [5, 5.41) is 19.4. The molecular formula is C23H27N3O5S. The summed E-state index contributed by atoms with van der Waals surface area (Å²) >= 11 is 0. The maximum absolute atomic E-state index is 12.9. The summed E-state index contributed by atoms with van der Waals surface area (Å²) in [4.78, 5) is 4.70. The first-order chi connectivity index (χ1) is 15.3. The first kappa shape index (κ1) is 22.6. The normalized spacial score (nSPS) is 18.2. The third-order valence-electron chi connectivity index (χ3n) is 5.65. The molecule has 0 aliphatic carbocycles. The van der Waals surface area contributed by atoms with Gasteiger partial charge < -0.3 is 20.7 Å². The number of benzene rings is 2. The highest BCUT2D eigenvalue weighted by atomic mass is 32.2. The molecule has 1 unspecified atom stereocenters. The lowest BCUT2D eigenvalue weighted by atomic mass is 10.0. The van der Waals surface area contributed by atoms with Crippen molar-refractivity contribution in [3.8, 4) is 11.1 Å². The SMILES string of the molecule is CCOC(O)C1=Cc2ccc(-c3cccc(S(=O)(=O)N4CC(CO)C4)c3)cc2N=C(N)C1. The fraction of sp³-hybridized carbons (Fsp3) is 0.348. The van der Waals surface area contributed by atoms with E-state index in [1.165, 1.54) is 4.31 Å². The van der Waals surface area contributed by atoms with Gasteiger partial charge in [0.25, 0.3) is 0 Å². The lowest BCUT2D eigenvalue weighted by Crippen LogP contribution is -2.51. The molecule has 2 aliphatic rings. The Labute approximate surface area is 187 Å². The molecule has 1 fully saturated rings. The van der Waals surface area contributed by atoms with Gasteiger partial charge in [-0.2, -0.15) is 4.31 Å². The standard InChI is InChI=1S/C23H27N3O5S/c1-2-31-23(28)19-8-18-7-6-17(10-21(18)25-22(24)11-19)16-4-3-5-20(9-16)32(29,30)26-12-15(13-26)14-27/h3-10,15,23,27-28H,2,11-14H2,1H3,(H2,24,25). The Balaban J connectivity index is 1.65. The van der Waals surface area contributed by atoms with E-state index in [-0.39, 0.29) is 17.4 Å². The van der Waals surface area contributed by atoms with Gasteiger partial charge in [0.15, 0.2) is 6.29 Å². The van der Waals surface area contributed by atoms with Crippen LogP contribution in [0.25, 0.3) is 17.2 Å². The molecule has 2 aliphatic heterocycles. The zero-order valence-electron chi connectivity index (χ0n) is 17.8. The molecule has 32 heavy (non-hydrogen) atoms. The number of ether oxygens (including phenoxy) is 1. The third kappa shape index (κ3) is 4.48.